The zero-order valence-electron chi connectivity index (χ0n) is 15.9. The second-order valence-electron chi connectivity index (χ2n) is 6.63. The number of hydrogen-bond donors (Lipinski definition) is 2. The number of hydrogen-bond acceptors (Lipinski definition) is 5. The van der Waals surface area contributed by atoms with E-state index < -0.39 is 23.7 Å². The van der Waals surface area contributed by atoms with Gasteiger partial charge in [0.05, 0.1) is 18.7 Å². The number of likely N-dealkylation sites (tertiary alicyclic amines) is 1. The average molecular weight is 395 g/mol. The molecule has 1 heterocycles. The Morgan fingerprint density at radius 2 is 1.69 bits per heavy atom. The van der Waals surface area contributed by atoms with Gasteiger partial charge in [0.1, 0.15) is 11.5 Å². The fraction of sp³-hybridized carbons (Fsp3) is 0.227. The average Bonchev–Trinajstić information content (AvgIpc) is 2.98. The third-order valence-electron chi connectivity index (χ3n) is 4.81. The number of carbonyl (C=O) groups is 3. The van der Waals surface area contributed by atoms with Crippen LogP contribution in [0, 0.1) is 0 Å². The Morgan fingerprint density at radius 1 is 1.03 bits per heavy atom. The van der Waals surface area contributed by atoms with E-state index in [1.807, 2.05) is 0 Å². The zero-order chi connectivity index (χ0) is 21.0. The van der Waals surface area contributed by atoms with E-state index in [9.17, 15) is 19.5 Å². The molecule has 0 saturated carbocycles. The SMILES string of the molecule is COc1ccc(C2/C(=C(/O)c3ccccc3)C(=O)C(=O)N2CCCC(=O)O)cc1. The lowest BCUT2D eigenvalue weighted by Gasteiger charge is -2.25. The third-order valence-corrected chi connectivity index (χ3v) is 4.81. The molecule has 1 saturated heterocycles. The molecule has 3 rings (SSSR count). The van der Waals surface area contributed by atoms with E-state index in [0.29, 0.717) is 16.9 Å². The van der Waals surface area contributed by atoms with E-state index in [0.717, 1.165) is 0 Å². The van der Waals surface area contributed by atoms with E-state index in [-0.39, 0.29) is 30.7 Å². The summed E-state index contributed by atoms with van der Waals surface area (Å²) in [6, 6.07) is 14.6. The van der Waals surface area contributed by atoms with Crippen molar-refractivity contribution in [2.75, 3.05) is 13.7 Å². The van der Waals surface area contributed by atoms with Gasteiger partial charge in [-0.15, -0.1) is 0 Å². The number of amides is 1. The maximum absolute atomic E-state index is 12.8. The fourth-order valence-electron chi connectivity index (χ4n) is 3.40. The molecule has 29 heavy (non-hydrogen) atoms. The van der Waals surface area contributed by atoms with Crippen LogP contribution in [0.4, 0.5) is 0 Å². The number of ketones is 1. The number of aliphatic hydroxyl groups excluding tert-OH is 1. The molecule has 0 radical (unpaired) electrons. The Bertz CT molecular complexity index is 949. The monoisotopic (exact) mass is 395 g/mol. The largest absolute Gasteiger partial charge is 0.507 e. The van der Waals surface area contributed by atoms with E-state index in [1.165, 1.54) is 12.0 Å². The first kappa shape index (κ1) is 20.1. The molecule has 0 aliphatic carbocycles. The molecule has 1 atom stereocenters. The summed E-state index contributed by atoms with van der Waals surface area (Å²) < 4.78 is 5.16. The van der Waals surface area contributed by atoms with Gasteiger partial charge in [-0.3, -0.25) is 14.4 Å². The van der Waals surface area contributed by atoms with Crippen molar-refractivity contribution >= 4 is 23.4 Å². The van der Waals surface area contributed by atoms with E-state index >= 15 is 0 Å². The summed E-state index contributed by atoms with van der Waals surface area (Å²) >= 11 is 0. The Balaban J connectivity index is 2.07. The van der Waals surface area contributed by atoms with Gasteiger partial charge in [0, 0.05) is 18.5 Å². The molecule has 0 aromatic heterocycles. The molecule has 1 fully saturated rings. The smallest absolute Gasteiger partial charge is 0.303 e. The third kappa shape index (κ3) is 4.13. The number of aliphatic hydroxyl groups is 1. The molecule has 0 spiro atoms. The summed E-state index contributed by atoms with van der Waals surface area (Å²) in [5.41, 5.74) is 1.04. The molecular formula is C22H21NO6. The van der Waals surface area contributed by atoms with Gasteiger partial charge in [0.25, 0.3) is 11.7 Å². The van der Waals surface area contributed by atoms with Crippen LogP contribution in [-0.2, 0) is 14.4 Å². The summed E-state index contributed by atoms with van der Waals surface area (Å²) in [5.74, 6) is -2.17. The van der Waals surface area contributed by atoms with Crippen LogP contribution < -0.4 is 4.74 Å². The molecule has 2 aromatic carbocycles. The minimum atomic E-state index is -0.980. The lowest BCUT2D eigenvalue weighted by molar-refractivity contribution is -0.140. The van der Waals surface area contributed by atoms with Crippen molar-refractivity contribution in [3.63, 3.8) is 0 Å². The zero-order valence-corrected chi connectivity index (χ0v) is 15.9. The first-order valence-electron chi connectivity index (χ1n) is 9.13. The Hall–Kier alpha value is -3.61. The Kier molecular flexibility index (Phi) is 5.97. The van der Waals surface area contributed by atoms with Gasteiger partial charge < -0.3 is 19.8 Å². The molecule has 150 valence electrons. The predicted molar refractivity (Wildman–Crippen MR) is 105 cm³/mol. The normalized spacial score (nSPS) is 18.1. The first-order valence-corrected chi connectivity index (χ1v) is 9.13. The van der Waals surface area contributed by atoms with Crippen molar-refractivity contribution in [1.82, 2.24) is 4.90 Å². The highest BCUT2D eigenvalue weighted by Crippen LogP contribution is 2.39. The molecule has 7 nitrogen and oxygen atoms in total. The summed E-state index contributed by atoms with van der Waals surface area (Å²) in [6.07, 6.45) is 0.0669. The van der Waals surface area contributed by atoms with Crippen LogP contribution in [0.5, 0.6) is 5.75 Å². The van der Waals surface area contributed by atoms with Crippen molar-refractivity contribution < 1.29 is 29.3 Å². The van der Waals surface area contributed by atoms with Gasteiger partial charge in [-0.2, -0.15) is 0 Å². The second-order valence-corrected chi connectivity index (χ2v) is 6.63. The molecule has 2 N–H and O–H groups in total. The number of nitrogens with zero attached hydrogens (tertiary/aromatic N) is 1. The van der Waals surface area contributed by atoms with E-state index in [1.54, 1.807) is 54.6 Å². The Labute approximate surface area is 167 Å². The van der Waals surface area contributed by atoms with Crippen LogP contribution in [0.25, 0.3) is 5.76 Å². The van der Waals surface area contributed by atoms with Gasteiger partial charge in [-0.05, 0) is 24.1 Å². The topological polar surface area (TPSA) is 104 Å². The molecule has 1 unspecified atom stereocenters. The number of methoxy groups -OCH3 is 1. The van der Waals surface area contributed by atoms with Crippen molar-refractivity contribution in [2.24, 2.45) is 0 Å². The van der Waals surface area contributed by atoms with Gasteiger partial charge in [0.15, 0.2) is 0 Å². The van der Waals surface area contributed by atoms with Crippen LogP contribution in [0.1, 0.15) is 30.0 Å². The van der Waals surface area contributed by atoms with Crippen LogP contribution in [-0.4, -0.2) is 46.4 Å². The number of aliphatic carboxylic acids is 1. The highest BCUT2D eigenvalue weighted by atomic mass is 16.5. The molecule has 1 aliphatic rings. The number of rotatable bonds is 7. The lowest BCUT2D eigenvalue weighted by Crippen LogP contribution is -2.31. The minimum absolute atomic E-state index is 0.0123. The van der Waals surface area contributed by atoms with Crippen molar-refractivity contribution in [2.45, 2.75) is 18.9 Å². The predicted octanol–water partition coefficient (Wildman–Crippen LogP) is 2.98. The first-order chi connectivity index (χ1) is 13.9. The van der Waals surface area contributed by atoms with Crippen molar-refractivity contribution in [3.05, 3.63) is 71.3 Å². The van der Waals surface area contributed by atoms with E-state index in [2.05, 4.69) is 0 Å². The van der Waals surface area contributed by atoms with E-state index in [4.69, 9.17) is 9.84 Å². The summed E-state index contributed by atoms with van der Waals surface area (Å²) in [6.45, 7) is 0.0825. The van der Waals surface area contributed by atoms with Crippen LogP contribution in [0.2, 0.25) is 0 Å². The molecule has 1 aliphatic heterocycles. The maximum Gasteiger partial charge on any atom is 0.303 e. The highest BCUT2D eigenvalue weighted by Gasteiger charge is 2.45. The lowest BCUT2D eigenvalue weighted by atomic mass is 9.95. The van der Waals surface area contributed by atoms with Gasteiger partial charge in [-0.1, -0.05) is 42.5 Å². The minimum Gasteiger partial charge on any atom is -0.507 e. The number of carboxylic acid groups (broad SMARTS) is 1. The maximum atomic E-state index is 12.8. The molecule has 0 bridgehead atoms. The summed E-state index contributed by atoms with van der Waals surface area (Å²) in [7, 11) is 1.53. The van der Waals surface area contributed by atoms with Crippen LogP contribution >= 0.6 is 0 Å². The molecular weight excluding hydrogens is 374 g/mol. The molecule has 7 heteroatoms. The van der Waals surface area contributed by atoms with Gasteiger partial charge in [0.2, 0.25) is 0 Å². The molecule has 1 amide bonds. The number of carbonyl (C=O) groups excluding carboxylic acids is 2. The van der Waals surface area contributed by atoms with Crippen LogP contribution in [0.3, 0.4) is 0 Å². The highest BCUT2D eigenvalue weighted by molar-refractivity contribution is 6.46. The standard InChI is InChI=1S/C22H21NO6/c1-29-16-11-9-14(10-12-16)19-18(20(26)15-6-3-2-4-7-15)21(27)22(28)23(19)13-5-8-17(24)25/h2-4,6-7,9-12,19,26H,5,8,13H2,1H3,(H,24,25)/b20-18-. The van der Waals surface area contributed by atoms with Gasteiger partial charge >= 0.3 is 5.97 Å². The summed E-state index contributed by atoms with van der Waals surface area (Å²) in [5, 5.41) is 19.7. The summed E-state index contributed by atoms with van der Waals surface area (Å²) in [4.78, 5) is 37.7. The number of benzene rings is 2. The van der Waals surface area contributed by atoms with Gasteiger partial charge in [-0.25, -0.2) is 0 Å². The quantitative estimate of drug-likeness (QED) is 0.424. The fourth-order valence-corrected chi connectivity index (χ4v) is 3.40. The van der Waals surface area contributed by atoms with Crippen molar-refractivity contribution in [3.8, 4) is 5.75 Å². The molecule has 2 aromatic rings. The number of carboxylic acids is 1. The van der Waals surface area contributed by atoms with Crippen LogP contribution in [0.15, 0.2) is 60.2 Å². The number of ether oxygens (including phenoxy) is 1. The number of Topliss-reactive ketones (excluding diaryl/α,β-unsaturated/α-hetero) is 1. The van der Waals surface area contributed by atoms with Crippen molar-refractivity contribution in [1.29, 1.82) is 0 Å². The second kappa shape index (κ2) is 8.60. The Morgan fingerprint density at radius 3 is 2.28 bits per heavy atom.